The Morgan fingerprint density at radius 2 is 2.12 bits per heavy atom. The number of nitrogens with zero attached hydrogens (tertiary/aromatic N) is 2. The molecule has 3 N–H and O–H groups in total. The summed E-state index contributed by atoms with van der Waals surface area (Å²) >= 11 is 0. The van der Waals surface area contributed by atoms with Gasteiger partial charge in [-0.25, -0.2) is 4.98 Å². The maximum absolute atomic E-state index is 6.10. The lowest BCUT2D eigenvalue weighted by atomic mass is 10.1. The summed E-state index contributed by atoms with van der Waals surface area (Å²) in [6.07, 6.45) is 3.75. The Balaban J connectivity index is 1.95. The third-order valence-electron chi connectivity index (χ3n) is 2.76. The Morgan fingerprint density at radius 1 is 1.35 bits per heavy atom. The first-order valence-corrected chi connectivity index (χ1v) is 5.86. The van der Waals surface area contributed by atoms with Crippen molar-refractivity contribution in [2.24, 2.45) is 5.73 Å². The molecule has 1 atom stereocenters. The number of nitrogens with two attached hydrogens (primary N) is 1. The molecule has 0 saturated heterocycles. The van der Waals surface area contributed by atoms with E-state index in [0.29, 0.717) is 6.54 Å². The van der Waals surface area contributed by atoms with Crippen LogP contribution in [0, 0.1) is 0 Å². The quantitative estimate of drug-likeness (QED) is 0.826. The van der Waals surface area contributed by atoms with Crippen LogP contribution in [0.25, 0.3) is 0 Å². The lowest BCUT2D eigenvalue weighted by Crippen LogP contribution is -2.21. The van der Waals surface area contributed by atoms with Crippen LogP contribution in [0.15, 0.2) is 42.7 Å². The number of imidazole rings is 1. The van der Waals surface area contributed by atoms with Crippen molar-refractivity contribution < 1.29 is 0 Å². The Morgan fingerprint density at radius 3 is 2.82 bits per heavy atom. The first kappa shape index (κ1) is 11.7. The average molecular weight is 230 g/mol. The summed E-state index contributed by atoms with van der Waals surface area (Å²) in [7, 11) is 0. The van der Waals surface area contributed by atoms with E-state index in [1.54, 1.807) is 6.20 Å². The van der Waals surface area contributed by atoms with Gasteiger partial charge in [0.05, 0.1) is 0 Å². The van der Waals surface area contributed by atoms with E-state index < -0.39 is 0 Å². The van der Waals surface area contributed by atoms with Crippen LogP contribution < -0.4 is 11.1 Å². The fraction of sp³-hybridized carbons (Fsp3) is 0.308. The smallest absolute Gasteiger partial charge is 0.202 e. The van der Waals surface area contributed by atoms with Crippen LogP contribution in [0.2, 0.25) is 0 Å². The number of nitrogens with one attached hydrogen (secondary N) is 1. The van der Waals surface area contributed by atoms with E-state index in [4.69, 9.17) is 5.73 Å². The molecule has 4 nitrogen and oxygen atoms in total. The third kappa shape index (κ3) is 2.85. The van der Waals surface area contributed by atoms with Crippen molar-refractivity contribution in [3.05, 3.63) is 48.3 Å². The maximum Gasteiger partial charge on any atom is 0.202 e. The highest BCUT2D eigenvalue weighted by Gasteiger charge is 2.06. The van der Waals surface area contributed by atoms with Crippen molar-refractivity contribution in [1.82, 2.24) is 9.55 Å². The van der Waals surface area contributed by atoms with Gasteiger partial charge in [-0.15, -0.1) is 0 Å². The van der Waals surface area contributed by atoms with Gasteiger partial charge in [0.15, 0.2) is 0 Å². The monoisotopic (exact) mass is 230 g/mol. The van der Waals surface area contributed by atoms with Crippen molar-refractivity contribution in [2.75, 3.05) is 11.9 Å². The molecule has 2 aromatic rings. The van der Waals surface area contributed by atoms with Gasteiger partial charge in [-0.1, -0.05) is 30.3 Å². The third-order valence-corrected chi connectivity index (χ3v) is 2.76. The topological polar surface area (TPSA) is 55.9 Å². The summed E-state index contributed by atoms with van der Waals surface area (Å²) < 4.78 is 2.05. The number of anilines is 1. The summed E-state index contributed by atoms with van der Waals surface area (Å²) in [5.41, 5.74) is 7.24. The summed E-state index contributed by atoms with van der Waals surface area (Å²) in [5, 5.41) is 3.27. The van der Waals surface area contributed by atoms with Crippen LogP contribution in [-0.4, -0.2) is 16.1 Å². The van der Waals surface area contributed by atoms with Crippen LogP contribution in [0.3, 0.4) is 0 Å². The van der Waals surface area contributed by atoms with Crippen molar-refractivity contribution in [3.8, 4) is 0 Å². The summed E-state index contributed by atoms with van der Waals surface area (Å²) in [5.74, 6) is 0.874. The predicted molar refractivity (Wildman–Crippen MR) is 69.8 cm³/mol. The maximum atomic E-state index is 6.10. The Labute approximate surface area is 101 Å². The molecule has 0 spiro atoms. The van der Waals surface area contributed by atoms with E-state index in [-0.39, 0.29) is 6.04 Å². The lowest BCUT2D eigenvalue weighted by Gasteiger charge is -2.14. The van der Waals surface area contributed by atoms with Gasteiger partial charge >= 0.3 is 0 Å². The fourth-order valence-electron chi connectivity index (χ4n) is 1.75. The van der Waals surface area contributed by atoms with Gasteiger partial charge in [-0.2, -0.15) is 0 Å². The van der Waals surface area contributed by atoms with Gasteiger partial charge in [0.25, 0.3) is 0 Å². The second-order valence-corrected chi connectivity index (χ2v) is 3.93. The van der Waals surface area contributed by atoms with E-state index in [2.05, 4.69) is 21.8 Å². The van der Waals surface area contributed by atoms with E-state index in [9.17, 15) is 0 Å². The van der Waals surface area contributed by atoms with Crippen molar-refractivity contribution in [1.29, 1.82) is 0 Å². The SMILES string of the molecule is CCn1ccnc1NCC(N)c1ccccc1. The molecule has 0 fully saturated rings. The number of hydrogen-bond donors (Lipinski definition) is 2. The molecular weight excluding hydrogens is 212 g/mol. The fourth-order valence-corrected chi connectivity index (χ4v) is 1.75. The van der Waals surface area contributed by atoms with Gasteiger partial charge in [0, 0.05) is 31.5 Å². The minimum atomic E-state index is -0.0155. The highest BCUT2D eigenvalue weighted by atomic mass is 15.2. The molecule has 0 bridgehead atoms. The Kier molecular flexibility index (Phi) is 3.77. The van der Waals surface area contributed by atoms with Crippen LogP contribution in [-0.2, 0) is 6.54 Å². The molecule has 1 heterocycles. The first-order valence-electron chi connectivity index (χ1n) is 5.86. The number of benzene rings is 1. The standard InChI is InChI=1S/C13H18N4/c1-2-17-9-8-15-13(17)16-10-12(14)11-6-4-3-5-7-11/h3-9,12H,2,10,14H2,1H3,(H,15,16). The number of aromatic nitrogens is 2. The summed E-state index contributed by atoms with van der Waals surface area (Å²) in [6, 6.07) is 10.1. The van der Waals surface area contributed by atoms with Crippen LogP contribution in [0.1, 0.15) is 18.5 Å². The van der Waals surface area contributed by atoms with Crippen molar-refractivity contribution >= 4 is 5.95 Å². The molecule has 0 radical (unpaired) electrons. The lowest BCUT2D eigenvalue weighted by molar-refractivity contribution is 0.726. The molecule has 0 saturated carbocycles. The number of hydrogen-bond acceptors (Lipinski definition) is 3. The van der Waals surface area contributed by atoms with E-state index in [1.165, 1.54) is 0 Å². The first-order chi connectivity index (χ1) is 8.31. The molecular formula is C13H18N4. The van der Waals surface area contributed by atoms with Crippen molar-refractivity contribution in [3.63, 3.8) is 0 Å². The minimum Gasteiger partial charge on any atom is -0.354 e. The van der Waals surface area contributed by atoms with E-state index in [1.807, 2.05) is 36.5 Å². The Bertz CT molecular complexity index is 449. The molecule has 2 rings (SSSR count). The second-order valence-electron chi connectivity index (χ2n) is 3.93. The molecule has 0 aliphatic carbocycles. The molecule has 17 heavy (non-hydrogen) atoms. The molecule has 0 aliphatic rings. The van der Waals surface area contributed by atoms with Gasteiger partial charge < -0.3 is 15.6 Å². The minimum absolute atomic E-state index is 0.0155. The van der Waals surface area contributed by atoms with E-state index >= 15 is 0 Å². The zero-order chi connectivity index (χ0) is 12.1. The van der Waals surface area contributed by atoms with Gasteiger partial charge in [-0.05, 0) is 12.5 Å². The number of rotatable bonds is 5. The Hall–Kier alpha value is -1.81. The largest absolute Gasteiger partial charge is 0.354 e. The van der Waals surface area contributed by atoms with Crippen LogP contribution in [0.5, 0.6) is 0 Å². The normalized spacial score (nSPS) is 12.4. The summed E-state index contributed by atoms with van der Waals surface area (Å²) in [4.78, 5) is 4.25. The van der Waals surface area contributed by atoms with Crippen LogP contribution in [0.4, 0.5) is 5.95 Å². The van der Waals surface area contributed by atoms with Crippen molar-refractivity contribution in [2.45, 2.75) is 19.5 Å². The average Bonchev–Trinajstić information content (AvgIpc) is 2.84. The summed E-state index contributed by atoms with van der Waals surface area (Å²) in [6.45, 7) is 3.67. The highest BCUT2D eigenvalue weighted by Crippen LogP contribution is 2.11. The van der Waals surface area contributed by atoms with Gasteiger partial charge in [0.1, 0.15) is 0 Å². The zero-order valence-electron chi connectivity index (χ0n) is 10.0. The molecule has 1 aromatic carbocycles. The molecule has 4 heteroatoms. The predicted octanol–water partition coefficient (Wildman–Crippen LogP) is 2.01. The van der Waals surface area contributed by atoms with Gasteiger partial charge in [-0.3, -0.25) is 0 Å². The molecule has 90 valence electrons. The zero-order valence-corrected chi connectivity index (χ0v) is 10.0. The van der Waals surface area contributed by atoms with Crippen LogP contribution >= 0.6 is 0 Å². The molecule has 1 aromatic heterocycles. The van der Waals surface area contributed by atoms with Gasteiger partial charge in [0.2, 0.25) is 5.95 Å². The molecule has 0 amide bonds. The number of aryl methyl sites for hydroxylation is 1. The molecule has 1 unspecified atom stereocenters. The second kappa shape index (κ2) is 5.50. The van der Waals surface area contributed by atoms with E-state index in [0.717, 1.165) is 18.1 Å². The molecule has 0 aliphatic heterocycles. The highest BCUT2D eigenvalue weighted by molar-refractivity contribution is 5.28.